The summed E-state index contributed by atoms with van der Waals surface area (Å²) in [5, 5.41) is 7.96. The molecule has 0 atom stereocenters. The third-order valence-electron chi connectivity index (χ3n) is 3.52. The van der Waals surface area contributed by atoms with Gasteiger partial charge in [-0.3, -0.25) is 4.79 Å². The molecule has 1 saturated carbocycles. The van der Waals surface area contributed by atoms with E-state index in [0.717, 1.165) is 25.7 Å². The summed E-state index contributed by atoms with van der Waals surface area (Å²) >= 11 is 0. The second-order valence-electron chi connectivity index (χ2n) is 5.58. The number of hydrogen-bond donors (Lipinski definition) is 2. The third kappa shape index (κ3) is 3.21. The Kier molecular flexibility index (Phi) is 4.19. The first-order valence-electron chi connectivity index (χ1n) is 6.84. The highest BCUT2D eigenvalue weighted by Gasteiger charge is 2.25. The highest BCUT2D eigenvalue weighted by molar-refractivity contribution is 7.89. The average molecular weight is 299 g/mol. The second-order valence-corrected chi connectivity index (χ2v) is 7.14. The van der Waals surface area contributed by atoms with Gasteiger partial charge in [0.25, 0.3) is 5.91 Å². The Balaban J connectivity index is 2.41. The molecule has 0 radical (unpaired) electrons. The maximum atomic E-state index is 12.2. The van der Waals surface area contributed by atoms with Gasteiger partial charge in [0.05, 0.1) is 0 Å². The number of amides is 1. The molecule has 0 unspecified atom stereocenters. The fourth-order valence-electron chi connectivity index (χ4n) is 2.61. The molecule has 0 aromatic carbocycles. The molecule has 1 aliphatic rings. The highest BCUT2D eigenvalue weighted by atomic mass is 32.2. The molecule has 3 N–H and O–H groups in total. The van der Waals surface area contributed by atoms with Gasteiger partial charge in [-0.2, -0.15) is 0 Å². The van der Waals surface area contributed by atoms with Gasteiger partial charge in [0.15, 0.2) is 0 Å². The van der Waals surface area contributed by atoms with Crippen LogP contribution in [0.5, 0.6) is 0 Å². The van der Waals surface area contributed by atoms with Crippen molar-refractivity contribution in [3.05, 3.63) is 18.0 Å². The van der Waals surface area contributed by atoms with Crippen LogP contribution in [0.4, 0.5) is 0 Å². The Morgan fingerprint density at radius 1 is 1.40 bits per heavy atom. The van der Waals surface area contributed by atoms with E-state index < -0.39 is 10.0 Å². The normalized spacial score (nSPS) is 16.8. The zero-order valence-corrected chi connectivity index (χ0v) is 12.6. The lowest BCUT2D eigenvalue weighted by atomic mass is 10.2. The van der Waals surface area contributed by atoms with Crippen molar-refractivity contribution < 1.29 is 13.2 Å². The molecule has 112 valence electrons. The maximum Gasteiger partial charge on any atom is 0.268 e. The van der Waals surface area contributed by atoms with E-state index >= 15 is 0 Å². The molecule has 2 rings (SSSR count). The van der Waals surface area contributed by atoms with Crippen LogP contribution in [0.25, 0.3) is 0 Å². The molecule has 1 amide bonds. The van der Waals surface area contributed by atoms with E-state index in [0.29, 0.717) is 5.69 Å². The maximum absolute atomic E-state index is 12.2. The molecule has 1 aromatic rings. The Morgan fingerprint density at radius 3 is 2.50 bits per heavy atom. The van der Waals surface area contributed by atoms with Crippen molar-refractivity contribution in [2.24, 2.45) is 5.14 Å². The van der Waals surface area contributed by atoms with Crippen LogP contribution in [0.15, 0.2) is 17.2 Å². The Labute approximate surface area is 119 Å². The fourth-order valence-corrected chi connectivity index (χ4v) is 3.15. The lowest BCUT2D eigenvalue weighted by Crippen LogP contribution is -2.32. The molecule has 20 heavy (non-hydrogen) atoms. The fraction of sp³-hybridized carbons (Fsp3) is 0.615. The number of nitrogens with zero attached hydrogens (tertiary/aromatic N) is 1. The molecule has 1 heterocycles. The molecular weight excluding hydrogens is 278 g/mol. The van der Waals surface area contributed by atoms with E-state index in [1.807, 2.05) is 13.8 Å². The summed E-state index contributed by atoms with van der Waals surface area (Å²) in [5.74, 6) is -0.262. The topological polar surface area (TPSA) is 94.2 Å². The summed E-state index contributed by atoms with van der Waals surface area (Å²) in [6.45, 7) is 3.72. The van der Waals surface area contributed by atoms with Gasteiger partial charge >= 0.3 is 0 Å². The van der Waals surface area contributed by atoms with E-state index in [1.165, 1.54) is 12.3 Å². The van der Waals surface area contributed by atoms with Crippen LogP contribution >= 0.6 is 0 Å². The summed E-state index contributed by atoms with van der Waals surface area (Å²) in [4.78, 5) is 12.2. The zero-order valence-electron chi connectivity index (χ0n) is 11.8. The van der Waals surface area contributed by atoms with E-state index in [2.05, 4.69) is 5.32 Å². The van der Waals surface area contributed by atoms with Gasteiger partial charge in [0, 0.05) is 18.3 Å². The molecule has 6 nitrogen and oxygen atoms in total. The molecule has 0 aliphatic heterocycles. The predicted octanol–water partition coefficient (Wildman–Crippen LogP) is 1.39. The molecule has 0 saturated heterocycles. The van der Waals surface area contributed by atoms with Crippen LogP contribution in [0.3, 0.4) is 0 Å². The number of hydrogen-bond acceptors (Lipinski definition) is 3. The van der Waals surface area contributed by atoms with Crippen molar-refractivity contribution in [2.45, 2.75) is 56.5 Å². The minimum Gasteiger partial charge on any atom is -0.349 e. The van der Waals surface area contributed by atoms with Gasteiger partial charge in [-0.1, -0.05) is 12.8 Å². The van der Waals surface area contributed by atoms with Gasteiger partial charge < -0.3 is 9.88 Å². The smallest absolute Gasteiger partial charge is 0.268 e. The van der Waals surface area contributed by atoms with E-state index in [9.17, 15) is 13.2 Å². The van der Waals surface area contributed by atoms with Gasteiger partial charge in [0.2, 0.25) is 10.0 Å². The van der Waals surface area contributed by atoms with Crippen molar-refractivity contribution in [1.29, 1.82) is 0 Å². The number of carbonyl (C=O) groups excluding carboxylic acids is 1. The lowest BCUT2D eigenvalue weighted by molar-refractivity contribution is 0.0931. The first-order chi connectivity index (χ1) is 9.29. The second kappa shape index (κ2) is 5.57. The monoisotopic (exact) mass is 299 g/mol. The van der Waals surface area contributed by atoms with Crippen molar-refractivity contribution in [3.8, 4) is 0 Å². The highest BCUT2D eigenvalue weighted by Crippen LogP contribution is 2.32. The number of primary sulfonamides is 1. The zero-order chi connectivity index (χ0) is 14.9. The summed E-state index contributed by atoms with van der Waals surface area (Å²) in [6.07, 6.45) is 5.60. The molecule has 1 aromatic heterocycles. The van der Waals surface area contributed by atoms with Crippen LogP contribution in [0, 0.1) is 0 Å². The quantitative estimate of drug-likeness (QED) is 0.879. The van der Waals surface area contributed by atoms with Crippen molar-refractivity contribution in [2.75, 3.05) is 0 Å². The minimum absolute atomic E-state index is 0.00157. The first-order valence-corrected chi connectivity index (χ1v) is 8.39. The molecule has 1 fully saturated rings. The minimum atomic E-state index is -3.80. The van der Waals surface area contributed by atoms with Crippen molar-refractivity contribution in [3.63, 3.8) is 0 Å². The molecular formula is C13H21N3O3S. The van der Waals surface area contributed by atoms with Crippen LogP contribution in [0.1, 0.15) is 56.1 Å². The predicted molar refractivity (Wildman–Crippen MR) is 75.9 cm³/mol. The van der Waals surface area contributed by atoms with Crippen LogP contribution in [0.2, 0.25) is 0 Å². The van der Waals surface area contributed by atoms with Crippen LogP contribution in [-0.2, 0) is 10.0 Å². The number of nitrogens with two attached hydrogens (primary N) is 1. The van der Waals surface area contributed by atoms with Gasteiger partial charge in [0.1, 0.15) is 10.6 Å². The van der Waals surface area contributed by atoms with Crippen molar-refractivity contribution in [1.82, 2.24) is 9.88 Å². The number of carbonyl (C=O) groups is 1. The summed E-state index contributed by atoms with van der Waals surface area (Å²) < 4.78 is 24.8. The largest absolute Gasteiger partial charge is 0.349 e. The average Bonchev–Trinajstić information content (AvgIpc) is 2.96. The third-order valence-corrected chi connectivity index (χ3v) is 4.40. The molecule has 1 aliphatic carbocycles. The Morgan fingerprint density at radius 2 is 2.00 bits per heavy atom. The van der Waals surface area contributed by atoms with Crippen LogP contribution < -0.4 is 10.5 Å². The van der Waals surface area contributed by atoms with E-state index in [1.54, 1.807) is 4.57 Å². The SMILES string of the molecule is CC(C)NC(=O)c1cc(S(N)(=O)=O)cn1C1CCCC1. The summed E-state index contributed by atoms with van der Waals surface area (Å²) in [5.41, 5.74) is 0.370. The lowest BCUT2D eigenvalue weighted by Gasteiger charge is -2.16. The van der Waals surface area contributed by atoms with Gasteiger partial charge in [-0.15, -0.1) is 0 Å². The number of sulfonamides is 1. The Hall–Kier alpha value is -1.34. The standard InChI is InChI=1S/C13H21N3O3S/c1-9(2)15-13(17)12-7-11(20(14,18)19)8-16(12)10-5-3-4-6-10/h7-10H,3-6H2,1-2H3,(H,15,17)(H2,14,18,19). The summed E-state index contributed by atoms with van der Waals surface area (Å²) in [7, 11) is -3.80. The van der Waals surface area contributed by atoms with Gasteiger partial charge in [-0.05, 0) is 32.8 Å². The number of aromatic nitrogens is 1. The van der Waals surface area contributed by atoms with E-state index in [-0.39, 0.29) is 22.9 Å². The summed E-state index contributed by atoms with van der Waals surface area (Å²) in [6, 6.07) is 1.54. The number of nitrogens with one attached hydrogen (secondary N) is 1. The molecule has 0 bridgehead atoms. The number of rotatable bonds is 4. The Bertz CT molecular complexity index is 598. The van der Waals surface area contributed by atoms with Gasteiger partial charge in [-0.25, -0.2) is 13.6 Å². The molecule has 0 spiro atoms. The van der Waals surface area contributed by atoms with Crippen molar-refractivity contribution >= 4 is 15.9 Å². The van der Waals surface area contributed by atoms with E-state index in [4.69, 9.17) is 5.14 Å². The first kappa shape index (κ1) is 15.1. The molecule has 7 heteroatoms. The van der Waals surface area contributed by atoms with Crippen LogP contribution in [-0.4, -0.2) is 24.9 Å².